The molecule has 0 aromatic heterocycles. The van der Waals surface area contributed by atoms with Gasteiger partial charge in [0.25, 0.3) is 0 Å². The maximum Gasteiger partial charge on any atom is 0.224 e. The molecular weight excluding hydrogens is 331 g/mol. The van der Waals surface area contributed by atoms with Crippen LogP contribution in [0.15, 0.2) is 42.5 Å². The van der Waals surface area contributed by atoms with Crippen molar-refractivity contribution >= 4 is 40.5 Å². The molecule has 3 rings (SSSR count). The zero-order valence-electron chi connectivity index (χ0n) is 13.0. The highest BCUT2D eigenvalue weighted by molar-refractivity contribution is 6.36. The molecule has 0 fully saturated rings. The molecule has 0 radical (unpaired) electrons. The topological polar surface area (TPSA) is 32.3 Å². The smallest absolute Gasteiger partial charge is 0.224 e. The molecule has 1 aliphatic rings. The number of carbonyl (C=O) groups excluding carboxylic acids is 1. The lowest BCUT2D eigenvalue weighted by Gasteiger charge is -2.39. The fourth-order valence-corrected chi connectivity index (χ4v) is 3.69. The van der Waals surface area contributed by atoms with Gasteiger partial charge in [0, 0.05) is 23.7 Å². The second-order valence-electron chi connectivity index (χ2n) is 5.85. The lowest BCUT2D eigenvalue weighted by atomic mass is 9.91. The van der Waals surface area contributed by atoms with Gasteiger partial charge < -0.3 is 10.2 Å². The number of nitrogens with zero attached hydrogens (tertiary/aromatic N) is 1. The third-order valence-corrected chi connectivity index (χ3v) is 4.74. The highest BCUT2D eigenvalue weighted by Crippen LogP contribution is 2.40. The maximum atomic E-state index is 12.0. The van der Waals surface area contributed by atoms with Gasteiger partial charge in [0.1, 0.15) is 0 Å². The van der Waals surface area contributed by atoms with Crippen molar-refractivity contribution in [2.75, 3.05) is 10.2 Å². The SMILES string of the molecule is CC(=O)N1c2ccccc2[C@@H](Nc2ccc(Cl)cc2Cl)C[C@H]1C. The van der Waals surface area contributed by atoms with Crippen LogP contribution < -0.4 is 10.2 Å². The van der Waals surface area contributed by atoms with Crippen molar-refractivity contribution in [3.8, 4) is 0 Å². The van der Waals surface area contributed by atoms with Crippen LogP contribution in [0.1, 0.15) is 31.9 Å². The average molecular weight is 349 g/mol. The van der Waals surface area contributed by atoms with Crippen molar-refractivity contribution < 1.29 is 4.79 Å². The van der Waals surface area contributed by atoms with Crippen molar-refractivity contribution in [1.82, 2.24) is 0 Å². The molecule has 1 amide bonds. The number of fused-ring (bicyclic) bond motifs is 1. The second-order valence-corrected chi connectivity index (χ2v) is 6.70. The van der Waals surface area contributed by atoms with E-state index in [0.717, 1.165) is 23.4 Å². The molecule has 0 unspecified atom stereocenters. The quantitative estimate of drug-likeness (QED) is 0.799. The summed E-state index contributed by atoms with van der Waals surface area (Å²) >= 11 is 12.2. The predicted octanol–water partition coefficient (Wildman–Crippen LogP) is 5.29. The van der Waals surface area contributed by atoms with E-state index in [-0.39, 0.29) is 18.0 Å². The van der Waals surface area contributed by atoms with E-state index in [2.05, 4.69) is 18.3 Å². The van der Waals surface area contributed by atoms with Gasteiger partial charge in [-0.2, -0.15) is 0 Å². The molecule has 5 heteroatoms. The monoisotopic (exact) mass is 348 g/mol. The van der Waals surface area contributed by atoms with E-state index in [1.807, 2.05) is 35.2 Å². The number of rotatable bonds is 2. The molecule has 2 aromatic carbocycles. The Bertz CT molecular complexity index is 748. The molecular formula is C18H18Cl2N2O. The Balaban J connectivity index is 1.97. The minimum atomic E-state index is 0.0629. The highest BCUT2D eigenvalue weighted by atomic mass is 35.5. The summed E-state index contributed by atoms with van der Waals surface area (Å²) in [5, 5.41) is 4.70. The molecule has 0 bridgehead atoms. The number of halogens is 2. The van der Waals surface area contributed by atoms with Crippen LogP contribution in [-0.4, -0.2) is 11.9 Å². The fraction of sp³-hybridized carbons (Fsp3) is 0.278. The van der Waals surface area contributed by atoms with Gasteiger partial charge in [0.15, 0.2) is 0 Å². The minimum Gasteiger partial charge on any atom is -0.377 e. The van der Waals surface area contributed by atoms with Crippen LogP contribution in [0.4, 0.5) is 11.4 Å². The van der Waals surface area contributed by atoms with Gasteiger partial charge in [-0.3, -0.25) is 4.79 Å². The maximum absolute atomic E-state index is 12.0. The van der Waals surface area contributed by atoms with Crippen LogP contribution in [0.3, 0.4) is 0 Å². The molecule has 3 nitrogen and oxygen atoms in total. The van der Waals surface area contributed by atoms with Crippen LogP contribution in [-0.2, 0) is 4.79 Å². The van der Waals surface area contributed by atoms with Crippen molar-refractivity contribution in [2.45, 2.75) is 32.4 Å². The molecule has 120 valence electrons. The lowest BCUT2D eigenvalue weighted by Crippen LogP contribution is -2.43. The number of hydrogen-bond donors (Lipinski definition) is 1. The van der Waals surface area contributed by atoms with Gasteiger partial charge in [0.2, 0.25) is 5.91 Å². The Morgan fingerprint density at radius 3 is 2.65 bits per heavy atom. The van der Waals surface area contributed by atoms with E-state index in [0.29, 0.717) is 10.0 Å². The van der Waals surface area contributed by atoms with E-state index < -0.39 is 0 Å². The van der Waals surface area contributed by atoms with Crippen LogP contribution in [0.25, 0.3) is 0 Å². The Kier molecular flexibility index (Phi) is 4.51. The third-order valence-electron chi connectivity index (χ3n) is 4.19. The van der Waals surface area contributed by atoms with Crippen LogP contribution in [0.2, 0.25) is 10.0 Å². The first-order valence-electron chi connectivity index (χ1n) is 7.57. The summed E-state index contributed by atoms with van der Waals surface area (Å²) < 4.78 is 0. The first-order valence-corrected chi connectivity index (χ1v) is 8.33. The average Bonchev–Trinajstić information content (AvgIpc) is 2.49. The molecule has 0 saturated carbocycles. The Morgan fingerprint density at radius 1 is 1.22 bits per heavy atom. The molecule has 0 aliphatic carbocycles. The van der Waals surface area contributed by atoms with Gasteiger partial charge >= 0.3 is 0 Å². The Labute approximate surface area is 146 Å². The number of anilines is 2. The molecule has 2 aromatic rings. The molecule has 1 N–H and O–H groups in total. The third kappa shape index (κ3) is 3.17. The summed E-state index contributed by atoms with van der Waals surface area (Å²) in [6, 6.07) is 13.6. The number of para-hydroxylation sites is 1. The van der Waals surface area contributed by atoms with Crippen LogP contribution in [0.5, 0.6) is 0 Å². The van der Waals surface area contributed by atoms with Crippen LogP contribution >= 0.6 is 23.2 Å². The fourth-order valence-electron chi connectivity index (χ4n) is 3.22. The summed E-state index contributed by atoms with van der Waals surface area (Å²) in [6.07, 6.45) is 0.815. The second kappa shape index (κ2) is 6.42. The minimum absolute atomic E-state index is 0.0629. The first-order chi connectivity index (χ1) is 11.0. The van der Waals surface area contributed by atoms with Gasteiger partial charge in [-0.1, -0.05) is 41.4 Å². The molecule has 1 aliphatic heterocycles. The van der Waals surface area contributed by atoms with Gasteiger partial charge in [-0.25, -0.2) is 0 Å². The van der Waals surface area contributed by atoms with E-state index >= 15 is 0 Å². The molecule has 23 heavy (non-hydrogen) atoms. The Hall–Kier alpha value is -1.71. The molecule has 0 spiro atoms. The zero-order valence-corrected chi connectivity index (χ0v) is 14.5. The van der Waals surface area contributed by atoms with E-state index in [1.54, 1.807) is 13.0 Å². The molecule has 0 saturated heterocycles. The predicted molar refractivity (Wildman–Crippen MR) is 96.5 cm³/mol. The normalized spacial score (nSPS) is 20.1. The number of carbonyl (C=O) groups is 1. The number of benzene rings is 2. The highest BCUT2D eigenvalue weighted by Gasteiger charge is 2.32. The van der Waals surface area contributed by atoms with Crippen LogP contribution in [0, 0.1) is 0 Å². The Morgan fingerprint density at radius 2 is 1.96 bits per heavy atom. The number of hydrogen-bond acceptors (Lipinski definition) is 2. The van der Waals surface area contributed by atoms with Crippen molar-refractivity contribution in [3.63, 3.8) is 0 Å². The number of nitrogens with one attached hydrogen (secondary N) is 1. The summed E-state index contributed by atoms with van der Waals surface area (Å²) in [6.45, 7) is 3.67. The van der Waals surface area contributed by atoms with E-state index in [4.69, 9.17) is 23.2 Å². The number of amides is 1. The lowest BCUT2D eigenvalue weighted by molar-refractivity contribution is -0.117. The van der Waals surface area contributed by atoms with E-state index in [1.165, 1.54) is 0 Å². The summed E-state index contributed by atoms with van der Waals surface area (Å²) in [7, 11) is 0. The summed E-state index contributed by atoms with van der Waals surface area (Å²) in [5.74, 6) is 0.0629. The van der Waals surface area contributed by atoms with Gasteiger partial charge in [0.05, 0.1) is 16.8 Å². The first kappa shape index (κ1) is 16.2. The van der Waals surface area contributed by atoms with Gasteiger partial charge in [-0.05, 0) is 43.2 Å². The van der Waals surface area contributed by atoms with Crippen molar-refractivity contribution in [3.05, 3.63) is 58.1 Å². The van der Waals surface area contributed by atoms with Crippen molar-refractivity contribution in [2.24, 2.45) is 0 Å². The van der Waals surface area contributed by atoms with Gasteiger partial charge in [-0.15, -0.1) is 0 Å². The molecule has 2 atom stereocenters. The molecule has 1 heterocycles. The standard InChI is InChI=1S/C18H18Cl2N2O/c1-11-9-17(21-16-8-7-13(19)10-15(16)20)14-5-3-4-6-18(14)22(11)12(2)23/h3-8,10-11,17,21H,9H2,1-2H3/t11-,17+/m1/s1. The van der Waals surface area contributed by atoms with Crippen molar-refractivity contribution in [1.29, 1.82) is 0 Å². The largest absolute Gasteiger partial charge is 0.377 e. The summed E-state index contributed by atoms with van der Waals surface area (Å²) in [5.41, 5.74) is 2.91. The zero-order chi connectivity index (χ0) is 16.6. The van der Waals surface area contributed by atoms with E-state index in [9.17, 15) is 4.79 Å². The summed E-state index contributed by atoms with van der Waals surface area (Å²) in [4.78, 5) is 13.9.